The highest BCUT2D eigenvalue weighted by atomic mass is 79.9. The Morgan fingerprint density at radius 1 is 0.375 bits per heavy atom. The third-order valence-corrected chi connectivity index (χ3v) is 33.8. The predicted molar refractivity (Wildman–Crippen MR) is 525 cm³/mol. The monoisotopic (exact) mass is 1890 g/mol. The number of aromatic nitrogens is 8. The maximum atomic E-state index is 12.7. The van der Waals surface area contributed by atoms with Gasteiger partial charge in [-0.1, -0.05) is 149 Å². The molecule has 10 aromatic rings. The van der Waals surface area contributed by atoms with Crippen LogP contribution >= 0.6 is 15.9 Å². The fourth-order valence-electron chi connectivity index (χ4n) is 23.0. The molecule has 0 bridgehead atoms. The lowest BCUT2D eigenvalue weighted by Gasteiger charge is -2.34. The Labute approximate surface area is 807 Å². The van der Waals surface area contributed by atoms with Gasteiger partial charge in [-0.15, -0.1) is 20.4 Å². The fourth-order valence-corrected chi connectivity index (χ4v) is 23.4. The second-order valence-electron chi connectivity index (χ2n) is 41.7. The summed E-state index contributed by atoms with van der Waals surface area (Å²) in [5.74, 6) is 4.50. The molecule has 2 aromatic heterocycles. The number of aryl methyl sites for hydroxylation is 4. The highest BCUT2D eigenvalue weighted by Gasteiger charge is 2.60. The second-order valence-corrected chi connectivity index (χ2v) is 42.5. The summed E-state index contributed by atoms with van der Waals surface area (Å²) < 4.78 is 35.8. The van der Waals surface area contributed by atoms with Crippen molar-refractivity contribution in [3.05, 3.63) is 230 Å². The number of hydrogen-bond donors (Lipinski definition) is 2. The van der Waals surface area contributed by atoms with Crippen molar-refractivity contribution in [2.24, 2.45) is 21.7 Å². The van der Waals surface area contributed by atoms with Crippen molar-refractivity contribution < 1.29 is 47.4 Å². The SMILES string of the molecule is CC1(C)OB(c2ccc(C3CC34CCN(C(=O)[C@H]3CCCO3)CC4)cc2)OC1(C)C.Cc1ccc(-c2nn[nH]n2)cc1-c1ccc([C@@H]2CC23CCN(C(=O)[C@H]2CCCO2)CC3)cc1.Cc1ccc(-c2nn[nH]n2)cc1-c1ccc([C@H]2CC23CCN(C(=O)[C@H]2CCCO2)CC3)cc1.Cc1ccc(C#N)cc1-c1ccc(C2CC23CCN(C(=O)[C@H]2CCCO2)CC3)cc1.Cc1ccc(C#N)cc1Br. The number of rotatable bonds is 14. The molecule has 9 saturated heterocycles. The minimum absolute atomic E-state index is 0.184. The van der Waals surface area contributed by atoms with Crippen molar-refractivity contribution in [1.29, 1.82) is 10.5 Å². The number of tetrazole rings is 2. The molecule has 26 heteroatoms. The number of hydrogen-bond acceptors (Lipinski definition) is 18. The lowest BCUT2D eigenvalue weighted by Crippen LogP contribution is -2.44. The lowest BCUT2D eigenvalue weighted by atomic mass is 9.78. The molecule has 13 aliphatic rings. The van der Waals surface area contributed by atoms with Crippen LogP contribution in [0.15, 0.2) is 174 Å². The quantitative estimate of drug-likeness (QED) is 0.0956. The van der Waals surface area contributed by atoms with Crippen LogP contribution in [0, 0.1) is 72.0 Å². The van der Waals surface area contributed by atoms with E-state index in [1.165, 1.54) is 92.4 Å². The Morgan fingerprint density at radius 2 is 0.654 bits per heavy atom. The van der Waals surface area contributed by atoms with Gasteiger partial charge in [-0.25, -0.2) is 0 Å². The zero-order valence-corrected chi connectivity index (χ0v) is 81.4. The summed E-state index contributed by atoms with van der Waals surface area (Å²) in [6, 6.07) is 64.1. The molecule has 8 atom stereocenters. The Bertz CT molecular complexity index is 5830. The first-order valence-corrected chi connectivity index (χ1v) is 50.3. The summed E-state index contributed by atoms with van der Waals surface area (Å²) in [6.45, 7) is 26.6. The molecule has 9 aliphatic heterocycles. The van der Waals surface area contributed by atoms with Gasteiger partial charge in [0.05, 0.1) is 34.5 Å². The molecule has 8 aromatic carbocycles. The van der Waals surface area contributed by atoms with Crippen LogP contribution in [0.25, 0.3) is 56.2 Å². The van der Waals surface area contributed by atoms with E-state index >= 15 is 0 Å². The topological polar surface area (TPSA) is 293 Å². The molecule has 2 unspecified atom stereocenters. The number of halogens is 1. The number of nitrogens with zero attached hydrogens (tertiary/aromatic N) is 12. The summed E-state index contributed by atoms with van der Waals surface area (Å²) in [5.41, 5.74) is 22.8. The molecule has 4 saturated carbocycles. The third kappa shape index (κ3) is 20.1. The minimum atomic E-state index is -0.314. The Morgan fingerprint density at radius 3 is 0.934 bits per heavy atom. The molecule has 706 valence electrons. The van der Waals surface area contributed by atoms with E-state index in [1.54, 1.807) is 6.07 Å². The van der Waals surface area contributed by atoms with Crippen molar-refractivity contribution in [1.82, 2.24) is 60.8 Å². The highest BCUT2D eigenvalue weighted by molar-refractivity contribution is 9.10. The molecular formula is C110H126BBrN14O10. The van der Waals surface area contributed by atoms with Crippen LogP contribution in [-0.4, -0.2) is 206 Å². The predicted octanol–water partition coefficient (Wildman–Crippen LogP) is 18.9. The standard InChI is InChI=1S/2C26H29N5O2.C26H28N2O2.C24H34BNO4.C8H6BrN/c2*1-17-4-5-20(24-27-29-30-28-24)15-21(17)18-6-8-19(9-7-18)22-16-26(22)10-12-31(13-11-26)25(32)23-3-2-14-33-23;1-18-4-5-19(17-27)15-22(18)20-6-8-21(9-7-20)23-16-26(23)10-12-28(13-11-26)25(29)24-3-2-14-30-24;1-22(2)23(3,4)30-25(29-22)18-9-7-17(8-10-18)19-16-24(19)11-13-26(14-12-24)21(27)20-6-5-15-28-20;1-6-2-3-7(5-10)4-8(6)9/h2*4-9,15,22-23H,2-3,10-14,16H2,1H3,(H,27,28,29,30);4-9,15,23-24H,2-3,10-14,16H2,1H3;7-10,19-20H,5-6,11-16H2,1-4H3;2-4H,1H3/t22-,23+;22-,23-;23?,24-;19?,20-;/m0111./s1. The van der Waals surface area contributed by atoms with E-state index in [-0.39, 0.29) is 66.4 Å². The number of piperidine rings is 4. The van der Waals surface area contributed by atoms with Gasteiger partial charge < -0.3 is 47.9 Å². The number of benzene rings is 8. The van der Waals surface area contributed by atoms with Crippen molar-refractivity contribution in [2.45, 2.75) is 243 Å². The van der Waals surface area contributed by atoms with Gasteiger partial charge >= 0.3 is 7.12 Å². The number of nitriles is 2. The average molecular weight is 1900 g/mol. The van der Waals surface area contributed by atoms with Crippen LogP contribution in [0.4, 0.5) is 0 Å². The van der Waals surface area contributed by atoms with E-state index in [0.29, 0.717) is 68.1 Å². The summed E-state index contributed by atoms with van der Waals surface area (Å²) >= 11 is 3.34. The van der Waals surface area contributed by atoms with E-state index < -0.39 is 0 Å². The first-order chi connectivity index (χ1) is 65.8. The van der Waals surface area contributed by atoms with Gasteiger partial charge in [0.1, 0.15) is 24.4 Å². The normalized spacial score (nSPS) is 24.5. The van der Waals surface area contributed by atoms with Gasteiger partial charge in [0.2, 0.25) is 11.6 Å². The van der Waals surface area contributed by atoms with Crippen molar-refractivity contribution >= 4 is 52.1 Å². The molecular weight excluding hydrogens is 1770 g/mol. The Kier molecular flexibility index (Phi) is 27.3. The second kappa shape index (κ2) is 39.5. The first-order valence-electron chi connectivity index (χ1n) is 49.5. The van der Waals surface area contributed by atoms with Gasteiger partial charge in [-0.2, -0.15) is 21.0 Å². The lowest BCUT2D eigenvalue weighted by molar-refractivity contribution is -0.143. The number of H-pyrrole nitrogens is 2. The smallest absolute Gasteiger partial charge is 0.399 e. The third-order valence-electron chi connectivity index (χ3n) is 32.9. The molecule has 23 rings (SSSR count). The molecule has 13 fully saturated rings. The molecule has 11 heterocycles. The molecule has 4 amide bonds. The van der Waals surface area contributed by atoms with E-state index in [1.807, 2.05) is 69.0 Å². The Hall–Kier alpha value is -10.9. The number of ether oxygens (including phenoxy) is 4. The summed E-state index contributed by atoms with van der Waals surface area (Å²) in [5, 5.41) is 46.5. The molecule has 4 spiro atoms. The molecule has 24 nitrogen and oxygen atoms in total. The van der Waals surface area contributed by atoms with Gasteiger partial charge in [-0.05, 0) is 359 Å². The van der Waals surface area contributed by atoms with Crippen LogP contribution in [0.2, 0.25) is 0 Å². The molecule has 2 N–H and O–H groups in total. The van der Waals surface area contributed by atoms with E-state index in [4.69, 9.17) is 33.5 Å². The van der Waals surface area contributed by atoms with Crippen LogP contribution in [-0.2, 0) is 47.4 Å². The zero-order valence-electron chi connectivity index (χ0n) is 79.8. The molecule has 136 heavy (non-hydrogen) atoms. The van der Waals surface area contributed by atoms with Crippen LogP contribution in [0.3, 0.4) is 0 Å². The largest absolute Gasteiger partial charge is 0.494 e. The van der Waals surface area contributed by atoms with Gasteiger partial charge in [0, 0.05) is 94.4 Å². The van der Waals surface area contributed by atoms with Gasteiger partial charge in [0.25, 0.3) is 23.6 Å². The maximum absolute atomic E-state index is 12.7. The molecule has 0 radical (unpaired) electrons. The van der Waals surface area contributed by atoms with Crippen LogP contribution in [0.1, 0.15) is 235 Å². The number of nitrogens with one attached hydrogen (secondary N) is 2. The maximum Gasteiger partial charge on any atom is 0.494 e. The fraction of sp³-hybridized carbons (Fsp3) is 0.491. The van der Waals surface area contributed by atoms with Gasteiger partial charge in [-0.3, -0.25) is 19.2 Å². The molecule has 4 aliphatic carbocycles. The summed E-state index contributed by atoms with van der Waals surface area (Å²) in [7, 11) is -0.302. The number of amides is 4. The number of likely N-dealkylation sites (tertiary alicyclic amines) is 4. The average Bonchev–Trinajstić information content (AvgIpc) is 1.59. The van der Waals surface area contributed by atoms with Crippen molar-refractivity contribution in [2.75, 3.05) is 78.8 Å². The van der Waals surface area contributed by atoms with Crippen LogP contribution in [0.5, 0.6) is 0 Å². The zero-order chi connectivity index (χ0) is 94.3. The Balaban J connectivity index is 0.000000112. The number of carbonyl (C=O) groups excluding carboxylic acids is 4. The van der Waals surface area contributed by atoms with E-state index in [0.717, 1.165) is 214 Å². The summed E-state index contributed by atoms with van der Waals surface area (Å²) in [4.78, 5) is 58.7. The highest BCUT2D eigenvalue weighted by Crippen LogP contribution is 2.68. The first kappa shape index (κ1) is 94.1. The number of aromatic amines is 2. The van der Waals surface area contributed by atoms with Crippen LogP contribution < -0.4 is 5.46 Å². The van der Waals surface area contributed by atoms with Crippen molar-refractivity contribution in [3.8, 4) is 68.3 Å². The summed E-state index contributed by atoms with van der Waals surface area (Å²) in [6.07, 6.45) is 20.6. The van der Waals surface area contributed by atoms with Gasteiger partial charge in [0.15, 0.2) is 0 Å². The number of carbonyl (C=O) groups is 4. The van der Waals surface area contributed by atoms with E-state index in [9.17, 15) is 24.4 Å². The van der Waals surface area contributed by atoms with Crippen molar-refractivity contribution in [3.63, 3.8) is 0 Å². The van der Waals surface area contributed by atoms with E-state index in [2.05, 4.69) is 239 Å². The minimum Gasteiger partial charge on any atom is -0.399 e.